The third-order valence-electron chi connectivity index (χ3n) is 6.30. The molecule has 1 saturated heterocycles. The van der Waals surface area contributed by atoms with Gasteiger partial charge in [-0.05, 0) is 73.4 Å². The molecule has 1 aliphatic rings. The molecule has 5 rings (SSSR count). The molecule has 0 aliphatic carbocycles. The number of amides is 1. The normalized spacial score (nSPS) is 14.3. The van der Waals surface area contributed by atoms with Crippen LogP contribution in [0.4, 0.5) is 17.1 Å². The number of carbonyl (C=O) groups excluding carboxylic acids is 1. The molecule has 178 valence electrons. The van der Waals surface area contributed by atoms with Gasteiger partial charge in [0.2, 0.25) is 5.89 Å². The molecule has 1 amide bonds. The van der Waals surface area contributed by atoms with Crippen molar-refractivity contribution in [3.8, 4) is 11.5 Å². The minimum atomic E-state index is -0.428. The largest absolute Gasteiger partial charge is 0.436 e. The molecular weight excluding hydrogens is 512 g/mol. The lowest BCUT2D eigenvalue weighted by Crippen LogP contribution is -2.33. The van der Waals surface area contributed by atoms with Gasteiger partial charge >= 0.3 is 0 Å². The second kappa shape index (κ2) is 9.50. The van der Waals surface area contributed by atoms with Crippen LogP contribution in [0.25, 0.3) is 22.6 Å². The highest BCUT2D eigenvalue weighted by atomic mass is 79.9. The van der Waals surface area contributed by atoms with Gasteiger partial charge in [-0.1, -0.05) is 22.9 Å². The number of nitro groups is 1. The Bertz CT molecular complexity index is 1410. The maximum absolute atomic E-state index is 12.9. The van der Waals surface area contributed by atoms with Crippen molar-refractivity contribution >= 4 is 50.0 Å². The minimum absolute atomic E-state index is 0.0571. The summed E-state index contributed by atoms with van der Waals surface area (Å²) in [7, 11) is 0. The van der Waals surface area contributed by atoms with Crippen molar-refractivity contribution in [3.63, 3.8) is 0 Å². The molecule has 1 fully saturated rings. The van der Waals surface area contributed by atoms with E-state index in [4.69, 9.17) is 4.42 Å². The van der Waals surface area contributed by atoms with Crippen LogP contribution in [0.15, 0.2) is 69.6 Å². The highest BCUT2D eigenvalue weighted by Crippen LogP contribution is 2.33. The number of halogens is 1. The van der Waals surface area contributed by atoms with Crippen molar-refractivity contribution in [2.45, 2.75) is 19.8 Å². The number of carbonyl (C=O) groups is 1. The molecule has 4 aromatic rings. The lowest BCUT2D eigenvalue weighted by Gasteiger charge is -2.31. The van der Waals surface area contributed by atoms with Gasteiger partial charge in [0.05, 0.1) is 4.92 Å². The van der Waals surface area contributed by atoms with Gasteiger partial charge in [0.15, 0.2) is 5.58 Å². The maximum atomic E-state index is 12.9. The Morgan fingerprint density at radius 1 is 1.11 bits per heavy atom. The Kier molecular flexibility index (Phi) is 6.25. The number of fused-ring (bicyclic) bond motifs is 1. The first-order valence-corrected chi connectivity index (χ1v) is 12.2. The van der Waals surface area contributed by atoms with Gasteiger partial charge in [-0.25, -0.2) is 4.98 Å². The molecule has 1 aromatic heterocycles. The van der Waals surface area contributed by atoms with Crippen molar-refractivity contribution < 1.29 is 14.1 Å². The van der Waals surface area contributed by atoms with Crippen molar-refractivity contribution in [1.82, 2.24) is 4.98 Å². The monoisotopic (exact) mass is 534 g/mol. The molecule has 8 nitrogen and oxygen atoms in total. The molecule has 35 heavy (non-hydrogen) atoms. The fraction of sp³-hybridized carbons (Fsp3) is 0.231. The van der Waals surface area contributed by atoms with Crippen LogP contribution in [0.2, 0.25) is 0 Å². The topological polar surface area (TPSA) is 102 Å². The number of oxazole rings is 1. The van der Waals surface area contributed by atoms with Crippen molar-refractivity contribution in [2.75, 3.05) is 23.3 Å². The lowest BCUT2D eigenvalue weighted by molar-refractivity contribution is -0.384. The van der Waals surface area contributed by atoms with Gasteiger partial charge in [-0.15, -0.1) is 0 Å². The fourth-order valence-electron chi connectivity index (χ4n) is 4.25. The molecule has 2 heterocycles. The van der Waals surface area contributed by atoms with E-state index < -0.39 is 10.8 Å². The van der Waals surface area contributed by atoms with E-state index in [0.29, 0.717) is 34.3 Å². The molecule has 1 aliphatic heterocycles. The summed E-state index contributed by atoms with van der Waals surface area (Å²) >= 11 is 3.41. The average molecular weight is 535 g/mol. The zero-order valence-electron chi connectivity index (χ0n) is 19.0. The quantitative estimate of drug-likeness (QED) is 0.227. The number of hydrogen-bond acceptors (Lipinski definition) is 6. The number of nitrogens with zero attached hydrogens (tertiary/aromatic N) is 3. The number of nitro benzene ring substituents is 1. The number of rotatable bonds is 5. The first-order valence-electron chi connectivity index (χ1n) is 11.4. The predicted octanol–water partition coefficient (Wildman–Crippen LogP) is 6.65. The molecule has 9 heteroatoms. The number of hydrogen-bond donors (Lipinski definition) is 1. The summed E-state index contributed by atoms with van der Waals surface area (Å²) in [6.45, 7) is 3.73. The van der Waals surface area contributed by atoms with E-state index in [1.807, 2.05) is 29.2 Å². The first kappa shape index (κ1) is 23.0. The Hall–Kier alpha value is -3.72. The molecule has 0 unspecified atom stereocenters. The van der Waals surface area contributed by atoms with Crippen molar-refractivity contribution in [2.24, 2.45) is 5.92 Å². The summed E-state index contributed by atoms with van der Waals surface area (Å²) in [5.41, 5.74) is 3.28. The van der Waals surface area contributed by atoms with Crippen molar-refractivity contribution in [3.05, 3.63) is 80.8 Å². The standard InChI is InChI=1S/C26H23BrN4O4/c1-16-10-12-30(13-11-16)22-8-4-18(14-23(22)31(33)34)25(32)28-20-7-9-24-21(15-20)29-26(35-24)17-2-5-19(27)6-3-17/h2-9,14-16H,10-13H2,1H3,(H,28,32). The van der Waals surface area contributed by atoms with Gasteiger partial charge < -0.3 is 14.6 Å². The molecular formula is C26H23BrN4O4. The Labute approximate surface area is 210 Å². The molecule has 0 atom stereocenters. The molecule has 0 spiro atoms. The highest BCUT2D eigenvalue weighted by molar-refractivity contribution is 9.10. The summed E-state index contributed by atoms with van der Waals surface area (Å²) in [5, 5.41) is 14.6. The predicted molar refractivity (Wildman–Crippen MR) is 139 cm³/mol. The Balaban J connectivity index is 1.36. The zero-order chi connectivity index (χ0) is 24.5. The minimum Gasteiger partial charge on any atom is -0.436 e. The highest BCUT2D eigenvalue weighted by Gasteiger charge is 2.25. The fourth-order valence-corrected chi connectivity index (χ4v) is 4.52. The molecule has 3 aromatic carbocycles. The van der Waals surface area contributed by atoms with Crippen LogP contribution in [0.3, 0.4) is 0 Å². The van der Waals surface area contributed by atoms with Crippen LogP contribution < -0.4 is 10.2 Å². The van der Waals surface area contributed by atoms with Gasteiger partial charge in [0, 0.05) is 40.4 Å². The molecule has 0 radical (unpaired) electrons. The second-order valence-electron chi connectivity index (χ2n) is 8.79. The van der Waals surface area contributed by atoms with Crippen LogP contribution in [0.5, 0.6) is 0 Å². The van der Waals surface area contributed by atoms with Gasteiger partial charge in [-0.2, -0.15) is 0 Å². The summed E-state index contributed by atoms with van der Waals surface area (Å²) in [6.07, 6.45) is 1.99. The number of piperidine rings is 1. The van der Waals surface area contributed by atoms with Gasteiger partial charge in [0.1, 0.15) is 11.2 Å². The van der Waals surface area contributed by atoms with Crippen molar-refractivity contribution in [1.29, 1.82) is 0 Å². The smallest absolute Gasteiger partial charge is 0.293 e. The second-order valence-corrected chi connectivity index (χ2v) is 9.71. The van der Waals surface area contributed by atoms with Gasteiger partial charge in [0.25, 0.3) is 11.6 Å². The van der Waals surface area contributed by atoms with E-state index in [9.17, 15) is 14.9 Å². The number of nitrogens with one attached hydrogen (secondary N) is 1. The SMILES string of the molecule is CC1CCN(c2ccc(C(=O)Nc3ccc4oc(-c5ccc(Br)cc5)nc4c3)cc2[N+](=O)[O-])CC1. The number of benzene rings is 3. The van der Waals surface area contributed by atoms with E-state index in [2.05, 4.69) is 33.2 Å². The molecule has 1 N–H and O–H groups in total. The Morgan fingerprint density at radius 2 is 1.86 bits per heavy atom. The summed E-state index contributed by atoms with van der Waals surface area (Å²) in [4.78, 5) is 30.8. The van der Waals surface area contributed by atoms with E-state index in [1.54, 1.807) is 30.3 Å². The molecule has 0 saturated carbocycles. The van der Waals surface area contributed by atoms with E-state index in [-0.39, 0.29) is 11.3 Å². The lowest BCUT2D eigenvalue weighted by atomic mass is 9.98. The van der Waals surface area contributed by atoms with Gasteiger partial charge in [-0.3, -0.25) is 14.9 Å². The summed E-state index contributed by atoms with van der Waals surface area (Å²) in [6, 6.07) is 17.5. The van der Waals surface area contributed by atoms with Crippen LogP contribution in [-0.4, -0.2) is 28.9 Å². The average Bonchev–Trinajstić information content (AvgIpc) is 3.28. The van der Waals surface area contributed by atoms with E-state index in [1.165, 1.54) is 6.07 Å². The maximum Gasteiger partial charge on any atom is 0.293 e. The van der Waals surface area contributed by atoms with Crippen LogP contribution in [0, 0.1) is 16.0 Å². The van der Waals surface area contributed by atoms with E-state index in [0.717, 1.165) is 36.0 Å². The van der Waals surface area contributed by atoms with E-state index >= 15 is 0 Å². The Morgan fingerprint density at radius 3 is 2.57 bits per heavy atom. The third kappa shape index (κ3) is 4.90. The molecule has 0 bridgehead atoms. The zero-order valence-corrected chi connectivity index (χ0v) is 20.6. The summed E-state index contributed by atoms with van der Waals surface area (Å²) in [5.74, 6) is 0.667. The van der Waals surface area contributed by atoms with Crippen LogP contribution in [0.1, 0.15) is 30.1 Å². The summed E-state index contributed by atoms with van der Waals surface area (Å²) < 4.78 is 6.80. The number of anilines is 2. The first-order chi connectivity index (χ1) is 16.9. The van der Waals surface area contributed by atoms with Crippen LogP contribution >= 0.6 is 15.9 Å². The number of aromatic nitrogens is 1. The van der Waals surface area contributed by atoms with Crippen LogP contribution in [-0.2, 0) is 0 Å². The third-order valence-corrected chi connectivity index (χ3v) is 6.82.